The van der Waals surface area contributed by atoms with E-state index in [0.29, 0.717) is 6.92 Å². The van der Waals surface area contributed by atoms with E-state index in [9.17, 15) is 18.4 Å². The lowest BCUT2D eigenvalue weighted by atomic mass is 10.3. The normalized spacial score (nSPS) is 18.8. The van der Waals surface area contributed by atoms with Crippen LogP contribution in [0.5, 0.6) is 0 Å². The third-order valence-electron chi connectivity index (χ3n) is 1.59. The third-order valence-corrected chi connectivity index (χ3v) is 1.59. The summed E-state index contributed by atoms with van der Waals surface area (Å²) in [5, 5.41) is 2.27. The Morgan fingerprint density at radius 1 is 1.54 bits per heavy atom. The number of hydrogen-bond acceptors (Lipinski definition) is 2. The molecule has 0 bridgehead atoms. The van der Waals surface area contributed by atoms with Crippen molar-refractivity contribution >= 4 is 11.8 Å². The van der Waals surface area contributed by atoms with E-state index in [4.69, 9.17) is 0 Å². The van der Waals surface area contributed by atoms with Crippen molar-refractivity contribution in [1.82, 2.24) is 10.2 Å². The molecule has 1 saturated heterocycles. The van der Waals surface area contributed by atoms with Crippen LogP contribution in [-0.4, -0.2) is 42.3 Å². The second-order valence-electron chi connectivity index (χ2n) is 3.10. The highest BCUT2D eigenvalue weighted by Gasteiger charge is 2.31. The molecule has 0 saturated carbocycles. The molecule has 1 N–H and O–H groups in total. The summed E-state index contributed by atoms with van der Waals surface area (Å²) in [5.74, 6) is -3.82. The first kappa shape index (κ1) is 9.88. The Balaban J connectivity index is 2.57. The topological polar surface area (TPSA) is 49.4 Å². The number of rotatable bonds is 2. The lowest BCUT2D eigenvalue weighted by Crippen LogP contribution is -2.54. The zero-order chi connectivity index (χ0) is 10.1. The Bertz CT molecular complexity index is 237. The standard InChI is InChI=1S/C7H10F2N2O2/c1-7(8,9)4-11-3-5(12)10-2-6(11)13/h2-4H2,1H3,(H,10,12). The Hall–Kier alpha value is -1.20. The number of carbonyl (C=O) groups excluding carboxylic acids is 2. The van der Waals surface area contributed by atoms with Gasteiger partial charge >= 0.3 is 0 Å². The van der Waals surface area contributed by atoms with Gasteiger partial charge in [0, 0.05) is 6.92 Å². The van der Waals surface area contributed by atoms with Crippen molar-refractivity contribution in [3.63, 3.8) is 0 Å². The molecule has 6 heteroatoms. The Morgan fingerprint density at radius 3 is 2.69 bits per heavy atom. The monoisotopic (exact) mass is 192 g/mol. The van der Waals surface area contributed by atoms with Crippen LogP contribution in [0, 0.1) is 0 Å². The predicted octanol–water partition coefficient (Wildman–Crippen LogP) is -0.400. The van der Waals surface area contributed by atoms with E-state index in [1.54, 1.807) is 0 Å². The SMILES string of the molecule is CC(F)(F)CN1CC(=O)NCC1=O. The summed E-state index contributed by atoms with van der Waals surface area (Å²) in [6, 6.07) is 0. The van der Waals surface area contributed by atoms with Crippen molar-refractivity contribution in [1.29, 1.82) is 0 Å². The maximum Gasteiger partial charge on any atom is 0.262 e. The number of amides is 2. The van der Waals surface area contributed by atoms with Gasteiger partial charge in [0.1, 0.15) is 0 Å². The van der Waals surface area contributed by atoms with E-state index >= 15 is 0 Å². The van der Waals surface area contributed by atoms with Crippen molar-refractivity contribution in [2.45, 2.75) is 12.8 Å². The van der Waals surface area contributed by atoms with Gasteiger partial charge in [-0.25, -0.2) is 8.78 Å². The number of nitrogens with one attached hydrogen (secondary N) is 1. The van der Waals surface area contributed by atoms with Gasteiger partial charge in [0.2, 0.25) is 11.8 Å². The van der Waals surface area contributed by atoms with Crippen LogP contribution in [-0.2, 0) is 9.59 Å². The molecule has 1 fully saturated rings. The van der Waals surface area contributed by atoms with E-state index in [-0.39, 0.29) is 13.1 Å². The zero-order valence-electron chi connectivity index (χ0n) is 7.14. The summed E-state index contributed by atoms with van der Waals surface area (Å²) in [7, 11) is 0. The van der Waals surface area contributed by atoms with Crippen molar-refractivity contribution in [2.24, 2.45) is 0 Å². The van der Waals surface area contributed by atoms with Gasteiger partial charge in [-0.1, -0.05) is 0 Å². The highest BCUT2D eigenvalue weighted by molar-refractivity contribution is 5.92. The Kier molecular flexibility index (Phi) is 2.49. The molecular weight excluding hydrogens is 182 g/mol. The minimum atomic E-state index is -2.95. The molecule has 0 atom stereocenters. The molecule has 1 rings (SSSR count). The van der Waals surface area contributed by atoms with Crippen LogP contribution < -0.4 is 5.32 Å². The Morgan fingerprint density at radius 2 is 2.15 bits per heavy atom. The molecule has 0 radical (unpaired) electrons. The maximum atomic E-state index is 12.5. The number of halogens is 2. The summed E-state index contributed by atoms with van der Waals surface area (Å²) in [6.07, 6.45) is 0. The summed E-state index contributed by atoms with van der Waals surface area (Å²) in [4.78, 5) is 22.6. The fraction of sp³-hybridized carbons (Fsp3) is 0.714. The summed E-state index contributed by atoms with van der Waals surface area (Å²) >= 11 is 0. The van der Waals surface area contributed by atoms with Gasteiger partial charge in [-0.05, 0) is 0 Å². The van der Waals surface area contributed by atoms with Crippen LogP contribution in [0.15, 0.2) is 0 Å². The van der Waals surface area contributed by atoms with Crippen LogP contribution in [0.1, 0.15) is 6.92 Å². The number of hydrogen-bond donors (Lipinski definition) is 1. The smallest absolute Gasteiger partial charge is 0.262 e. The van der Waals surface area contributed by atoms with Gasteiger partial charge in [0.15, 0.2) is 0 Å². The molecule has 74 valence electrons. The van der Waals surface area contributed by atoms with Gasteiger partial charge in [0.25, 0.3) is 5.92 Å². The van der Waals surface area contributed by atoms with Crippen LogP contribution >= 0.6 is 0 Å². The first-order valence-electron chi connectivity index (χ1n) is 3.81. The summed E-state index contributed by atoms with van der Waals surface area (Å²) in [5.41, 5.74) is 0. The quantitative estimate of drug-likeness (QED) is 0.647. The number of carbonyl (C=O) groups is 2. The van der Waals surface area contributed by atoms with Gasteiger partial charge < -0.3 is 10.2 Å². The minimum Gasteiger partial charge on any atom is -0.345 e. The molecule has 0 aromatic heterocycles. The van der Waals surface area contributed by atoms with E-state index in [1.807, 2.05) is 0 Å². The largest absolute Gasteiger partial charge is 0.345 e. The molecule has 1 aliphatic heterocycles. The van der Waals surface area contributed by atoms with Crippen LogP contribution in [0.4, 0.5) is 8.78 Å². The molecule has 1 heterocycles. The van der Waals surface area contributed by atoms with Crippen molar-refractivity contribution in [2.75, 3.05) is 19.6 Å². The highest BCUT2D eigenvalue weighted by atomic mass is 19.3. The summed E-state index contributed by atoms with van der Waals surface area (Å²) in [6.45, 7) is -0.441. The Labute approximate surface area is 73.9 Å². The fourth-order valence-corrected chi connectivity index (χ4v) is 1.08. The average Bonchev–Trinajstić information content (AvgIpc) is 1.94. The van der Waals surface area contributed by atoms with E-state index in [2.05, 4.69) is 5.32 Å². The molecule has 13 heavy (non-hydrogen) atoms. The van der Waals surface area contributed by atoms with Crippen molar-refractivity contribution in [3.05, 3.63) is 0 Å². The third kappa shape index (κ3) is 2.96. The average molecular weight is 192 g/mol. The van der Waals surface area contributed by atoms with Gasteiger partial charge in [-0.15, -0.1) is 0 Å². The molecular formula is C7H10F2N2O2. The second-order valence-corrected chi connectivity index (χ2v) is 3.10. The van der Waals surface area contributed by atoms with Gasteiger partial charge in [-0.3, -0.25) is 9.59 Å². The molecule has 0 unspecified atom stereocenters. The van der Waals surface area contributed by atoms with Crippen molar-refractivity contribution in [3.8, 4) is 0 Å². The van der Waals surface area contributed by atoms with E-state index in [0.717, 1.165) is 4.90 Å². The zero-order valence-corrected chi connectivity index (χ0v) is 7.14. The van der Waals surface area contributed by atoms with E-state index in [1.165, 1.54) is 0 Å². The summed E-state index contributed by atoms with van der Waals surface area (Å²) < 4.78 is 25.0. The van der Waals surface area contributed by atoms with Crippen molar-refractivity contribution < 1.29 is 18.4 Å². The number of piperazine rings is 1. The van der Waals surface area contributed by atoms with Gasteiger partial charge in [0.05, 0.1) is 19.6 Å². The minimum absolute atomic E-state index is 0.186. The maximum absolute atomic E-state index is 12.5. The molecule has 0 spiro atoms. The predicted molar refractivity (Wildman–Crippen MR) is 40.2 cm³/mol. The molecule has 2 amide bonds. The van der Waals surface area contributed by atoms with Crippen LogP contribution in [0.3, 0.4) is 0 Å². The highest BCUT2D eigenvalue weighted by Crippen LogP contribution is 2.14. The molecule has 0 aliphatic carbocycles. The fourth-order valence-electron chi connectivity index (χ4n) is 1.08. The molecule has 4 nitrogen and oxygen atoms in total. The van der Waals surface area contributed by atoms with E-state index < -0.39 is 24.3 Å². The molecule has 0 aromatic carbocycles. The number of nitrogens with zero attached hydrogens (tertiary/aromatic N) is 1. The first-order valence-corrected chi connectivity index (χ1v) is 3.81. The van der Waals surface area contributed by atoms with Crippen LogP contribution in [0.2, 0.25) is 0 Å². The number of alkyl halides is 2. The first-order chi connectivity index (χ1) is 5.88. The second kappa shape index (κ2) is 3.27. The van der Waals surface area contributed by atoms with Crippen LogP contribution in [0.25, 0.3) is 0 Å². The lowest BCUT2D eigenvalue weighted by Gasteiger charge is -2.28. The lowest BCUT2D eigenvalue weighted by molar-refractivity contribution is -0.144. The van der Waals surface area contributed by atoms with Gasteiger partial charge in [-0.2, -0.15) is 0 Å². The molecule has 1 aliphatic rings. The molecule has 0 aromatic rings.